The Balaban J connectivity index is 1.08. The first-order valence-electron chi connectivity index (χ1n) is 13.5. The van der Waals surface area contributed by atoms with Crippen LogP contribution in [0.25, 0.3) is 10.9 Å². The van der Waals surface area contributed by atoms with Crippen LogP contribution in [0.2, 0.25) is 0 Å². The molecular formula is C31H35N3O6. The number of hydrogen-bond donors (Lipinski definition) is 5. The van der Waals surface area contributed by atoms with Gasteiger partial charge in [-0.25, -0.2) is 4.79 Å². The van der Waals surface area contributed by atoms with Gasteiger partial charge in [0, 0.05) is 30.6 Å². The van der Waals surface area contributed by atoms with Crippen molar-refractivity contribution in [3.8, 4) is 17.2 Å². The Morgan fingerprint density at radius 3 is 2.55 bits per heavy atom. The Hall–Kier alpha value is -4.34. The largest absolute Gasteiger partial charge is 0.506 e. The Labute approximate surface area is 232 Å². The van der Waals surface area contributed by atoms with Crippen LogP contribution in [0.1, 0.15) is 42.9 Å². The molecule has 1 aromatic heterocycles. The molecule has 40 heavy (non-hydrogen) atoms. The van der Waals surface area contributed by atoms with E-state index in [0.29, 0.717) is 47.7 Å². The van der Waals surface area contributed by atoms with E-state index in [1.807, 2.05) is 36.4 Å². The lowest BCUT2D eigenvalue weighted by Crippen LogP contribution is -2.26. The van der Waals surface area contributed by atoms with Crippen LogP contribution in [0.3, 0.4) is 0 Å². The molecule has 4 aromatic rings. The van der Waals surface area contributed by atoms with E-state index in [1.54, 1.807) is 30.3 Å². The Bertz CT molecular complexity index is 1440. The minimum atomic E-state index is -0.767. The molecule has 9 nitrogen and oxygen atoms in total. The minimum Gasteiger partial charge on any atom is -0.506 e. The third-order valence-corrected chi connectivity index (χ3v) is 6.42. The van der Waals surface area contributed by atoms with Crippen molar-refractivity contribution in [2.75, 3.05) is 19.7 Å². The summed E-state index contributed by atoms with van der Waals surface area (Å²) in [6, 6.07) is 22.8. The average Bonchev–Trinajstić information content (AvgIpc) is 2.96. The highest BCUT2D eigenvalue weighted by Crippen LogP contribution is 2.28. The van der Waals surface area contributed by atoms with Gasteiger partial charge in [-0.1, -0.05) is 55.3 Å². The number of hydrogen-bond acceptors (Lipinski definition) is 7. The molecule has 1 atom stereocenters. The van der Waals surface area contributed by atoms with Crippen LogP contribution in [0, 0.1) is 0 Å². The van der Waals surface area contributed by atoms with Crippen molar-refractivity contribution in [3.05, 3.63) is 100 Å². The first-order valence-corrected chi connectivity index (χ1v) is 13.5. The summed E-state index contributed by atoms with van der Waals surface area (Å²) in [6.07, 6.45) is 2.58. The minimum absolute atomic E-state index is 0.0245. The number of aliphatic hydroxyl groups excluding tert-OH is 1. The molecule has 0 fully saturated rings. The van der Waals surface area contributed by atoms with E-state index in [4.69, 9.17) is 9.47 Å². The van der Waals surface area contributed by atoms with E-state index in [-0.39, 0.29) is 11.3 Å². The number of pyridine rings is 1. The number of rotatable bonds is 14. The summed E-state index contributed by atoms with van der Waals surface area (Å²) in [5.41, 5.74) is 1.66. The normalized spacial score (nSPS) is 11.7. The van der Waals surface area contributed by atoms with Crippen LogP contribution in [-0.4, -0.2) is 41.0 Å². The fourth-order valence-corrected chi connectivity index (χ4v) is 4.33. The van der Waals surface area contributed by atoms with Crippen molar-refractivity contribution in [1.82, 2.24) is 15.6 Å². The van der Waals surface area contributed by atoms with E-state index >= 15 is 0 Å². The number of aromatic hydroxyl groups is 1. The molecule has 0 saturated heterocycles. The van der Waals surface area contributed by atoms with Gasteiger partial charge in [0.25, 0.3) is 0 Å². The topological polar surface area (TPSA) is 133 Å². The van der Waals surface area contributed by atoms with E-state index in [9.17, 15) is 19.8 Å². The van der Waals surface area contributed by atoms with Crippen LogP contribution < -0.4 is 25.7 Å². The molecular weight excluding hydrogens is 510 g/mol. The number of phenolic OH excluding ortho intramolecular Hbond substituents is 1. The highest BCUT2D eigenvalue weighted by molar-refractivity contribution is 5.87. The highest BCUT2D eigenvalue weighted by Gasteiger charge is 2.13. The van der Waals surface area contributed by atoms with Gasteiger partial charge in [0.15, 0.2) is 0 Å². The van der Waals surface area contributed by atoms with E-state index in [2.05, 4.69) is 15.6 Å². The number of unbranched alkanes of at least 4 members (excludes halogenated alkanes) is 3. The molecule has 0 bridgehead atoms. The van der Waals surface area contributed by atoms with Gasteiger partial charge in [-0.15, -0.1) is 0 Å². The van der Waals surface area contributed by atoms with Crippen LogP contribution in [-0.2, 0) is 6.54 Å². The summed E-state index contributed by atoms with van der Waals surface area (Å²) in [4.78, 5) is 26.3. The first-order chi connectivity index (χ1) is 19.5. The SMILES string of the molecule is O=C(NCc1ccccc1)Oc1cccc(OCCCCCCNC[C@H](O)c2ccc(O)c3[nH]c(=O)ccc23)c1. The number of amides is 1. The number of aromatic amines is 1. The highest BCUT2D eigenvalue weighted by atomic mass is 16.6. The predicted molar refractivity (Wildman–Crippen MR) is 154 cm³/mol. The quantitative estimate of drug-likeness (QED) is 0.144. The third kappa shape index (κ3) is 8.59. The van der Waals surface area contributed by atoms with Gasteiger partial charge < -0.3 is 35.3 Å². The van der Waals surface area contributed by atoms with Crippen molar-refractivity contribution >= 4 is 17.0 Å². The van der Waals surface area contributed by atoms with E-state index in [1.165, 1.54) is 12.1 Å². The lowest BCUT2D eigenvalue weighted by molar-refractivity contribution is 0.176. The lowest BCUT2D eigenvalue weighted by Gasteiger charge is -2.15. The number of fused-ring (bicyclic) bond motifs is 1. The molecule has 0 aliphatic rings. The fraction of sp³-hybridized carbons (Fsp3) is 0.290. The monoisotopic (exact) mass is 545 g/mol. The zero-order chi connectivity index (χ0) is 28.2. The lowest BCUT2D eigenvalue weighted by atomic mass is 10.0. The van der Waals surface area contributed by atoms with Crippen LogP contribution in [0.4, 0.5) is 4.79 Å². The zero-order valence-electron chi connectivity index (χ0n) is 22.3. The second-order valence-electron chi connectivity index (χ2n) is 9.47. The predicted octanol–water partition coefficient (Wildman–Crippen LogP) is 4.78. The number of nitrogens with one attached hydrogen (secondary N) is 3. The van der Waals surface area contributed by atoms with Gasteiger partial charge in [0.05, 0.1) is 18.2 Å². The van der Waals surface area contributed by atoms with Gasteiger partial charge >= 0.3 is 6.09 Å². The maximum Gasteiger partial charge on any atom is 0.412 e. The summed E-state index contributed by atoms with van der Waals surface area (Å²) in [5, 5.41) is 27.2. The van der Waals surface area contributed by atoms with Gasteiger partial charge in [-0.3, -0.25) is 4.79 Å². The number of aromatic nitrogens is 1. The summed E-state index contributed by atoms with van der Waals surface area (Å²) in [6.45, 7) is 2.08. The molecule has 0 saturated carbocycles. The molecule has 1 amide bonds. The molecule has 0 spiro atoms. The third-order valence-electron chi connectivity index (χ3n) is 6.42. The number of benzene rings is 3. The van der Waals surface area contributed by atoms with E-state index in [0.717, 1.165) is 37.8 Å². The number of ether oxygens (including phenoxy) is 2. The number of H-pyrrole nitrogens is 1. The van der Waals surface area contributed by atoms with Gasteiger partial charge in [0.1, 0.15) is 17.2 Å². The van der Waals surface area contributed by atoms with Crippen molar-refractivity contribution in [3.63, 3.8) is 0 Å². The number of aliphatic hydroxyl groups is 1. The second kappa shape index (κ2) is 14.7. The Morgan fingerprint density at radius 2 is 1.70 bits per heavy atom. The van der Waals surface area contributed by atoms with Crippen LogP contribution in [0.5, 0.6) is 17.2 Å². The summed E-state index contributed by atoms with van der Waals surface area (Å²) in [7, 11) is 0. The molecule has 0 radical (unpaired) electrons. The zero-order valence-corrected chi connectivity index (χ0v) is 22.3. The summed E-state index contributed by atoms with van der Waals surface area (Å²) < 4.78 is 11.2. The fourth-order valence-electron chi connectivity index (χ4n) is 4.33. The number of phenols is 1. The van der Waals surface area contributed by atoms with Crippen LogP contribution in [0.15, 0.2) is 83.7 Å². The van der Waals surface area contributed by atoms with Gasteiger partial charge in [-0.05, 0) is 54.8 Å². The molecule has 0 unspecified atom stereocenters. The smallest absolute Gasteiger partial charge is 0.412 e. The summed E-state index contributed by atoms with van der Waals surface area (Å²) in [5.74, 6) is 1.04. The first kappa shape index (κ1) is 28.7. The van der Waals surface area contributed by atoms with Crippen molar-refractivity contribution in [2.45, 2.75) is 38.3 Å². The number of carbonyl (C=O) groups excluding carboxylic acids is 1. The molecule has 1 heterocycles. The van der Waals surface area contributed by atoms with Gasteiger partial charge in [0.2, 0.25) is 5.56 Å². The molecule has 0 aliphatic carbocycles. The molecule has 4 rings (SSSR count). The molecule has 3 aromatic carbocycles. The summed E-state index contributed by atoms with van der Waals surface area (Å²) >= 11 is 0. The Morgan fingerprint density at radius 1 is 0.900 bits per heavy atom. The Kier molecular flexibility index (Phi) is 10.5. The standard InChI is InChI=1S/C31H35N3O6/c35-27-15-13-25(26-14-16-29(37)34-30(26)27)28(36)21-32-17-6-1-2-7-18-39-23-11-8-12-24(19-23)40-31(38)33-20-22-9-4-3-5-10-22/h3-5,8-16,19,28,32,35-36H,1-2,6-7,17-18,20-21H2,(H,33,38)(H,34,37)/t28-/m0/s1. The molecule has 9 heteroatoms. The molecule has 5 N–H and O–H groups in total. The van der Waals surface area contributed by atoms with Crippen molar-refractivity contribution < 1.29 is 24.5 Å². The maximum atomic E-state index is 12.1. The molecule has 210 valence electrons. The second-order valence-corrected chi connectivity index (χ2v) is 9.47. The van der Waals surface area contributed by atoms with E-state index < -0.39 is 12.2 Å². The van der Waals surface area contributed by atoms with Crippen LogP contribution >= 0.6 is 0 Å². The molecule has 0 aliphatic heterocycles. The maximum absolute atomic E-state index is 12.1. The van der Waals surface area contributed by atoms with Crippen molar-refractivity contribution in [2.24, 2.45) is 0 Å². The van der Waals surface area contributed by atoms with Gasteiger partial charge in [-0.2, -0.15) is 0 Å². The number of carbonyl (C=O) groups is 1. The average molecular weight is 546 g/mol. The van der Waals surface area contributed by atoms with Crippen molar-refractivity contribution in [1.29, 1.82) is 0 Å².